The smallest absolute Gasteiger partial charge is 0.332 e. The van der Waals surface area contributed by atoms with Crippen LogP contribution in [0.5, 0.6) is 0 Å². The summed E-state index contributed by atoms with van der Waals surface area (Å²) in [5.74, 6) is 5.65. The van der Waals surface area contributed by atoms with Gasteiger partial charge in [-0.2, -0.15) is 10.2 Å². The molecule has 10 heteroatoms. The first-order valence-corrected chi connectivity index (χ1v) is 10.6. The number of rotatable bonds is 4. The van der Waals surface area contributed by atoms with Crippen molar-refractivity contribution >= 4 is 17.1 Å². The van der Waals surface area contributed by atoms with Gasteiger partial charge in [-0.25, -0.2) is 9.18 Å². The summed E-state index contributed by atoms with van der Waals surface area (Å²) in [5.41, 5.74) is 5.51. The number of anilines is 1. The zero-order chi connectivity index (χ0) is 23.7. The Labute approximate surface area is 189 Å². The van der Waals surface area contributed by atoms with E-state index in [-0.39, 0.29) is 41.4 Å². The van der Waals surface area contributed by atoms with Gasteiger partial charge in [-0.3, -0.25) is 18.5 Å². The summed E-state index contributed by atoms with van der Waals surface area (Å²) >= 11 is 0. The Kier molecular flexibility index (Phi) is 6.03. The second-order valence-corrected chi connectivity index (χ2v) is 8.06. The molecular formula is C23H24FN7O2. The lowest BCUT2D eigenvalue weighted by Crippen LogP contribution is -2.44. The number of fused-ring (bicyclic) bond motifs is 1. The van der Waals surface area contributed by atoms with E-state index >= 15 is 0 Å². The molecule has 170 valence electrons. The molecule has 3 heterocycles. The van der Waals surface area contributed by atoms with Gasteiger partial charge in [0, 0.05) is 26.2 Å². The Hall–Kier alpha value is -3.89. The molecule has 1 saturated heterocycles. The number of hydrogen-bond donors (Lipinski definition) is 1. The molecule has 1 aliphatic rings. The number of imidazole rings is 1. The van der Waals surface area contributed by atoms with Crippen molar-refractivity contribution in [1.29, 1.82) is 5.26 Å². The van der Waals surface area contributed by atoms with E-state index in [1.54, 1.807) is 11.5 Å². The predicted octanol–water partition coefficient (Wildman–Crippen LogP) is 0.907. The fourth-order valence-electron chi connectivity index (χ4n) is 4.24. The molecule has 0 unspecified atom stereocenters. The van der Waals surface area contributed by atoms with E-state index in [9.17, 15) is 19.2 Å². The molecular weight excluding hydrogens is 425 g/mol. The van der Waals surface area contributed by atoms with Crippen molar-refractivity contribution in [2.45, 2.75) is 38.9 Å². The molecule has 9 nitrogen and oxygen atoms in total. The third kappa shape index (κ3) is 3.90. The summed E-state index contributed by atoms with van der Waals surface area (Å²) in [6.45, 7) is 2.99. The molecule has 1 fully saturated rings. The van der Waals surface area contributed by atoms with Crippen molar-refractivity contribution < 1.29 is 4.39 Å². The quantitative estimate of drug-likeness (QED) is 0.592. The van der Waals surface area contributed by atoms with Gasteiger partial charge in [0.25, 0.3) is 5.56 Å². The molecule has 1 aliphatic heterocycles. The molecule has 33 heavy (non-hydrogen) atoms. The number of halogens is 1. The highest BCUT2D eigenvalue weighted by Crippen LogP contribution is 2.23. The van der Waals surface area contributed by atoms with Crippen molar-refractivity contribution in [3.63, 3.8) is 0 Å². The number of nitrogens with two attached hydrogens (primary N) is 1. The Balaban J connectivity index is 1.95. The van der Waals surface area contributed by atoms with Crippen LogP contribution in [-0.2, 0) is 20.1 Å². The first-order valence-electron chi connectivity index (χ1n) is 10.6. The van der Waals surface area contributed by atoms with Gasteiger partial charge in [-0.05, 0) is 31.4 Å². The summed E-state index contributed by atoms with van der Waals surface area (Å²) in [4.78, 5) is 33.3. The highest BCUT2D eigenvalue weighted by atomic mass is 19.1. The molecule has 0 radical (unpaired) electrons. The van der Waals surface area contributed by atoms with Crippen LogP contribution >= 0.6 is 0 Å². The van der Waals surface area contributed by atoms with E-state index in [4.69, 9.17) is 5.73 Å². The van der Waals surface area contributed by atoms with E-state index in [2.05, 4.69) is 16.8 Å². The molecule has 0 spiro atoms. The van der Waals surface area contributed by atoms with Crippen molar-refractivity contribution in [3.05, 3.63) is 56.0 Å². The van der Waals surface area contributed by atoms with E-state index in [1.165, 1.54) is 29.8 Å². The SMILES string of the molecule is CC#CCn1c(N2CCC[C@@H](N)C2)nc2c1c(=O)n(Cc1cccc(F)c1C#N)c(=O)n2C. The van der Waals surface area contributed by atoms with E-state index in [0.29, 0.717) is 12.5 Å². The average molecular weight is 449 g/mol. The fraction of sp³-hybridized carbons (Fsp3) is 0.391. The molecule has 2 N–H and O–H groups in total. The maximum atomic E-state index is 14.1. The largest absolute Gasteiger partial charge is 0.341 e. The highest BCUT2D eigenvalue weighted by molar-refractivity contribution is 5.75. The number of nitriles is 1. The third-order valence-corrected chi connectivity index (χ3v) is 5.91. The molecule has 0 aliphatic carbocycles. The summed E-state index contributed by atoms with van der Waals surface area (Å²) in [5, 5.41) is 9.35. The minimum Gasteiger partial charge on any atom is -0.341 e. The minimum absolute atomic E-state index is 0.0119. The van der Waals surface area contributed by atoms with Gasteiger partial charge >= 0.3 is 5.69 Å². The maximum Gasteiger partial charge on any atom is 0.332 e. The van der Waals surface area contributed by atoms with Crippen LogP contribution in [0.1, 0.15) is 30.9 Å². The van der Waals surface area contributed by atoms with Crippen molar-refractivity contribution in [3.8, 4) is 17.9 Å². The van der Waals surface area contributed by atoms with Gasteiger partial charge in [0.2, 0.25) is 5.95 Å². The lowest BCUT2D eigenvalue weighted by Gasteiger charge is -2.31. The molecule has 0 saturated carbocycles. The molecule has 1 aromatic carbocycles. The Morgan fingerprint density at radius 2 is 2.09 bits per heavy atom. The lowest BCUT2D eigenvalue weighted by molar-refractivity contribution is 0.496. The number of benzene rings is 1. The van der Waals surface area contributed by atoms with Crippen LogP contribution in [0, 0.1) is 29.0 Å². The van der Waals surface area contributed by atoms with Crippen molar-refractivity contribution in [2.75, 3.05) is 18.0 Å². The van der Waals surface area contributed by atoms with Crippen LogP contribution in [0.25, 0.3) is 11.2 Å². The van der Waals surface area contributed by atoms with Crippen molar-refractivity contribution in [1.82, 2.24) is 18.7 Å². The summed E-state index contributed by atoms with van der Waals surface area (Å²) in [6, 6.07) is 5.94. The molecule has 0 amide bonds. The average Bonchev–Trinajstić information content (AvgIpc) is 3.19. The van der Waals surface area contributed by atoms with Gasteiger partial charge in [-0.1, -0.05) is 18.1 Å². The summed E-state index contributed by atoms with van der Waals surface area (Å²) < 4.78 is 18.1. The normalized spacial score (nSPS) is 15.8. The highest BCUT2D eigenvalue weighted by Gasteiger charge is 2.26. The third-order valence-electron chi connectivity index (χ3n) is 5.91. The topological polar surface area (TPSA) is 115 Å². The molecule has 0 bridgehead atoms. The number of piperidine rings is 1. The molecule has 3 aromatic rings. The van der Waals surface area contributed by atoms with Crippen LogP contribution in [0.4, 0.5) is 10.3 Å². The van der Waals surface area contributed by atoms with Crippen LogP contribution in [0.15, 0.2) is 27.8 Å². The maximum absolute atomic E-state index is 14.1. The van der Waals surface area contributed by atoms with E-state index in [0.717, 1.165) is 24.0 Å². The van der Waals surface area contributed by atoms with Crippen LogP contribution in [-0.4, -0.2) is 37.8 Å². The number of aromatic nitrogens is 4. The second-order valence-electron chi connectivity index (χ2n) is 8.06. The molecule has 1 atom stereocenters. The minimum atomic E-state index is -0.701. The van der Waals surface area contributed by atoms with Crippen molar-refractivity contribution in [2.24, 2.45) is 12.8 Å². The van der Waals surface area contributed by atoms with Gasteiger partial charge in [0.1, 0.15) is 11.9 Å². The monoisotopic (exact) mass is 449 g/mol. The zero-order valence-corrected chi connectivity index (χ0v) is 18.5. The Morgan fingerprint density at radius 1 is 1.30 bits per heavy atom. The van der Waals surface area contributed by atoms with Gasteiger partial charge in [0.15, 0.2) is 11.2 Å². The number of nitrogens with zero attached hydrogens (tertiary/aromatic N) is 6. The van der Waals surface area contributed by atoms with Gasteiger partial charge < -0.3 is 10.6 Å². The van der Waals surface area contributed by atoms with E-state index < -0.39 is 17.1 Å². The van der Waals surface area contributed by atoms with Crippen LogP contribution < -0.4 is 21.9 Å². The van der Waals surface area contributed by atoms with Gasteiger partial charge in [-0.15, -0.1) is 5.92 Å². The number of aryl methyl sites for hydroxylation is 1. The summed E-state index contributed by atoms with van der Waals surface area (Å²) in [7, 11) is 1.53. The van der Waals surface area contributed by atoms with E-state index in [1.807, 2.05) is 11.0 Å². The number of hydrogen-bond acceptors (Lipinski definition) is 6. The van der Waals surface area contributed by atoms with Crippen LogP contribution in [0.3, 0.4) is 0 Å². The second kappa shape index (κ2) is 8.93. The Bertz CT molecular complexity index is 1450. The standard InChI is InChI=1S/C23H24FN7O2/c1-3-4-11-30-19-20(27-22(30)29-10-6-8-16(26)14-29)28(2)23(33)31(21(19)32)13-15-7-5-9-18(24)17(15)12-25/h5,7,9,16H,6,8,10-11,13-14,26H2,1-2H3/t16-/m1/s1. The molecule has 2 aromatic heterocycles. The zero-order valence-electron chi connectivity index (χ0n) is 18.5. The van der Waals surface area contributed by atoms with Gasteiger partial charge in [0.05, 0.1) is 18.7 Å². The Morgan fingerprint density at radius 3 is 2.79 bits per heavy atom. The summed E-state index contributed by atoms with van der Waals surface area (Å²) in [6.07, 6.45) is 1.80. The first-order chi connectivity index (χ1) is 15.9. The molecule has 4 rings (SSSR count). The lowest BCUT2D eigenvalue weighted by atomic mass is 10.1. The fourth-order valence-corrected chi connectivity index (χ4v) is 4.24. The van der Waals surface area contributed by atoms with Crippen LogP contribution in [0.2, 0.25) is 0 Å². The first kappa shape index (κ1) is 22.3. The predicted molar refractivity (Wildman–Crippen MR) is 122 cm³/mol.